The summed E-state index contributed by atoms with van der Waals surface area (Å²) in [4.78, 5) is 13.4. The Morgan fingerprint density at radius 2 is 2.00 bits per heavy atom. The van der Waals surface area contributed by atoms with Gasteiger partial charge >= 0.3 is 5.97 Å². The van der Waals surface area contributed by atoms with Crippen molar-refractivity contribution in [1.29, 1.82) is 0 Å². The maximum atomic E-state index is 11.4. The molecule has 2 rings (SSSR count). The summed E-state index contributed by atoms with van der Waals surface area (Å²) in [7, 11) is 0. The Morgan fingerprint density at radius 3 is 2.58 bits per heavy atom. The number of benzene rings is 1. The highest BCUT2D eigenvalue weighted by Crippen LogP contribution is 2.29. The largest absolute Gasteiger partial charge is 0.476 e. The fraction of sp³-hybridized carbons (Fsp3) is 0.357. The number of aromatic carboxylic acids is 1. The van der Waals surface area contributed by atoms with E-state index in [0.717, 1.165) is 5.39 Å². The maximum absolute atomic E-state index is 11.4. The Hall–Kier alpha value is -2.17. The van der Waals surface area contributed by atoms with Crippen LogP contribution in [0.1, 0.15) is 31.3 Å². The zero-order chi connectivity index (χ0) is 14.0. The summed E-state index contributed by atoms with van der Waals surface area (Å²) in [6, 6.07) is 7.67. The summed E-state index contributed by atoms with van der Waals surface area (Å²) in [5.74, 6) is -1.05. The van der Waals surface area contributed by atoms with E-state index in [-0.39, 0.29) is 11.7 Å². The first-order valence-corrected chi connectivity index (χ1v) is 6.31. The van der Waals surface area contributed by atoms with E-state index in [1.807, 2.05) is 49.9 Å². The molecule has 1 aromatic heterocycles. The predicted molar refractivity (Wildman–Crippen MR) is 74.7 cm³/mol. The minimum atomic E-state index is -1.05. The fourth-order valence-corrected chi connectivity index (χ4v) is 2.26. The van der Waals surface area contributed by atoms with Crippen molar-refractivity contribution in [3.63, 3.8) is 0 Å². The van der Waals surface area contributed by atoms with E-state index in [1.165, 1.54) is 0 Å². The monoisotopic (exact) mass is 259 g/mol. The molecule has 0 radical (unpaired) electrons. The van der Waals surface area contributed by atoms with Gasteiger partial charge in [-0.05, 0) is 26.8 Å². The highest BCUT2D eigenvalue weighted by Gasteiger charge is 2.22. The van der Waals surface area contributed by atoms with Crippen molar-refractivity contribution in [2.45, 2.75) is 26.8 Å². The molecular formula is C14H17N3O2. The average Bonchev–Trinajstić information content (AvgIpc) is 2.39. The Morgan fingerprint density at radius 1 is 1.32 bits per heavy atom. The molecular weight excluding hydrogens is 242 g/mol. The number of hydrogen-bond donors (Lipinski definition) is 1. The molecule has 2 aromatic rings. The van der Waals surface area contributed by atoms with Crippen LogP contribution in [0.15, 0.2) is 24.3 Å². The van der Waals surface area contributed by atoms with Gasteiger partial charge in [-0.2, -0.15) is 0 Å². The number of anilines is 1. The van der Waals surface area contributed by atoms with Gasteiger partial charge in [0, 0.05) is 18.0 Å². The van der Waals surface area contributed by atoms with E-state index < -0.39 is 5.97 Å². The van der Waals surface area contributed by atoms with Gasteiger partial charge in [-0.3, -0.25) is 0 Å². The van der Waals surface area contributed by atoms with Gasteiger partial charge in [-0.15, -0.1) is 10.2 Å². The molecule has 0 fully saturated rings. The Balaban J connectivity index is 2.79. The topological polar surface area (TPSA) is 66.3 Å². The Labute approximate surface area is 111 Å². The molecule has 0 amide bonds. The second-order valence-electron chi connectivity index (χ2n) is 4.60. The van der Waals surface area contributed by atoms with Gasteiger partial charge in [0.15, 0.2) is 5.69 Å². The van der Waals surface area contributed by atoms with Gasteiger partial charge < -0.3 is 10.0 Å². The molecule has 0 spiro atoms. The lowest BCUT2D eigenvalue weighted by Crippen LogP contribution is -2.32. The zero-order valence-corrected chi connectivity index (χ0v) is 11.3. The molecule has 0 saturated carbocycles. The Kier molecular flexibility index (Phi) is 3.64. The van der Waals surface area contributed by atoms with Crippen molar-refractivity contribution >= 4 is 22.6 Å². The van der Waals surface area contributed by atoms with Gasteiger partial charge in [-0.1, -0.05) is 18.2 Å². The summed E-state index contributed by atoms with van der Waals surface area (Å²) < 4.78 is 0. The normalized spacial score (nSPS) is 10.9. The summed E-state index contributed by atoms with van der Waals surface area (Å²) in [5, 5.41) is 18.0. The van der Waals surface area contributed by atoms with Gasteiger partial charge in [0.2, 0.25) is 0 Å². The van der Waals surface area contributed by atoms with E-state index >= 15 is 0 Å². The van der Waals surface area contributed by atoms with Gasteiger partial charge in [0.25, 0.3) is 0 Å². The lowest BCUT2D eigenvalue weighted by atomic mass is 10.1. The summed E-state index contributed by atoms with van der Waals surface area (Å²) >= 11 is 0. The smallest absolute Gasteiger partial charge is 0.358 e. The highest BCUT2D eigenvalue weighted by molar-refractivity contribution is 6.02. The third-order valence-electron chi connectivity index (χ3n) is 3.10. The van der Waals surface area contributed by atoms with E-state index in [9.17, 15) is 9.90 Å². The number of nitrogens with zero attached hydrogens (tertiary/aromatic N) is 3. The number of fused-ring (bicyclic) bond motifs is 1. The van der Waals surface area contributed by atoms with Crippen molar-refractivity contribution in [1.82, 2.24) is 10.2 Å². The maximum Gasteiger partial charge on any atom is 0.358 e. The highest BCUT2D eigenvalue weighted by atomic mass is 16.4. The number of aromatic nitrogens is 2. The SMILES string of the molecule is CCN(c1c(C(=O)O)nnc2ccccc12)C(C)C. The van der Waals surface area contributed by atoms with Crippen molar-refractivity contribution in [2.75, 3.05) is 11.4 Å². The van der Waals surface area contributed by atoms with Gasteiger partial charge in [0.1, 0.15) is 0 Å². The quantitative estimate of drug-likeness (QED) is 0.914. The van der Waals surface area contributed by atoms with E-state index in [1.54, 1.807) is 0 Å². The number of rotatable bonds is 4. The first kappa shape index (κ1) is 13.3. The molecule has 0 saturated heterocycles. The fourth-order valence-electron chi connectivity index (χ4n) is 2.26. The average molecular weight is 259 g/mol. The first-order chi connectivity index (χ1) is 9.06. The molecule has 1 aromatic carbocycles. The predicted octanol–water partition coefficient (Wildman–Crippen LogP) is 2.56. The number of carbonyl (C=O) groups is 1. The second kappa shape index (κ2) is 5.22. The van der Waals surface area contributed by atoms with E-state index in [4.69, 9.17) is 0 Å². The first-order valence-electron chi connectivity index (χ1n) is 6.31. The molecule has 0 aliphatic carbocycles. The van der Waals surface area contributed by atoms with Crippen molar-refractivity contribution in [2.24, 2.45) is 0 Å². The van der Waals surface area contributed by atoms with Crippen LogP contribution >= 0.6 is 0 Å². The molecule has 0 aliphatic rings. The van der Waals surface area contributed by atoms with Crippen LogP contribution in [-0.2, 0) is 0 Å². The minimum absolute atomic E-state index is 0.00856. The van der Waals surface area contributed by atoms with Crippen LogP contribution in [0.4, 0.5) is 5.69 Å². The molecule has 5 heteroatoms. The molecule has 5 nitrogen and oxygen atoms in total. The van der Waals surface area contributed by atoms with Crippen molar-refractivity contribution in [3.8, 4) is 0 Å². The van der Waals surface area contributed by atoms with Crippen molar-refractivity contribution < 1.29 is 9.90 Å². The third-order valence-corrected chi connectivity index (χ3v) is 3.10. The molecule has 0 unspecified atom stereocenters. The molecule has 1 N–H and O–H groups in total. The van der Waals surface area contributed by atoms with Crippen LogP contribution in [0.2, 0.25) is 0 Å². The lowest BCUT2D eigenvalue weighted by molar-refractivity contribution is 0.0690. The van der Waals surface area contributed by atoms with Crippen LogP contribution in [0, 0.1) is 0 Å². The standard InChI is InChI=1S/C14H17N3O2/c1-4-17(9(2)3)13-10-7-5-6-8-11(10)15-16-12(13)14(18)19/h5-9H,4H2,1-3H3,(H,18,19). The van der Waals surface area contributed by atoms with E-state index in [2.05, 4.69) is 10.2 Å². The van der Waals surface area contributed by atoms with Crippen LogP contribution in [0.25, 0.3) is 10.9 Å². The van der Waals surface area contributed by atoms with Gasteiger partial charge in [-0.25, -0.2) is 4.79 Å². The number of carboxylic acids is 1. The molecule has 19 heavy (non-hydrogen) atoms. The zero-order valence-electron chi connectivity index (χ0n) is 11.3. The number of hydrogen-bond acceptors (Lipinski definition) is 4. The lowest BCUT2D eigenvalue weighted by Gasteiger charge is -2.29. The van der Waals surface area contributed by atoms with Crippen LogP contribution in [0.5, 0.6) is 0 Å². The summed E-state index contributed by atoms with van der Waals surface area (Å²) in [6.07, 6.45) is 0. The summed E-state index contributed by atoms with van der Waals surface area (Å²) in [6.45, 7) is 6.78. The van der Waals surface area contributed by atoms with Crippen LogP contribution in [0.3, 0.4) is 0 Å². The number of carboxylic acid groups (broad SMARTS) is 1. The Bertz CT molecular complexity index is 611. The molecule has 0 bridgehead atoms. The summed E-state index contributed by atoms with van der Waals surface area (Å²) in [5.41, 5.74) is 1.37. The molecule has 0 atom stereocenters. The van der Waals surface area contributed by atoms with E-state index in [0.29, 0.717) is 17.7 Å². The third kappa shape index (κ3) is 2.36. The van der Waals surface area contributed by atoms with Gasteiger partial charge in [0.05, 0.1) is 11.2 Å². The van der Waals surface area contributed by atoms with Crippen LogP contribution in [-0.4, -0.2) is 33.9 Å². The second-order valence-corrected chi connectivity index (χ2v) is 4.60. The minimum Gasteiger partial charge on any atom is -0.476 e. The van der Waals surface area contributed by atoms with Crippen molar-refractivity contribution in [3.05, 3.63) is 30.0 Å². The molecule has 0 aliphatic heterocycles. The molecule has 1 heterocycles. The van der Waals surface area contributed by atoms with Crippen LogP contribution < -0.4 is 4.90 Å². The molecule has 100 valence electrons.